The van der Waals surface area contributed by atoms with E-state index >= 15 is 0 Å². The predicted molar refractivity (Wildman–Crippen MR) is 108 cm³/mol. The first-order valence-corrected chi connectivity index (χ1v) is 10.8. The Balaban J connectivity index is 1.80. The van der Waals surface area contributed by atoms with E-state index in [4.69, 9.17) is 27.9 Å². The van der Waals surface area contributed by atoms with Gasteiger partial charge in [-0.2, -0.15) is 26.3 Å². The fourth-order valence-electron chi connectivity index (χ4n) is 2.44. The first-order chi connectivity index (χ1) is 15.2. The highest BCUT2D eigenvalue weighted by Crippen LogP contribution is 2.36. The largest absolute Gasteiger partial charge is 0.438 e. The number of nitrogens with zero attached hydrogens (tertiary/aromatic N) is 1. The number of aromatic nitrogens is 1. The Morgan fingerprint density at radius 2 is 1.42 bits per heavy atom. The van der Waals surface area contributed by atoms with Crippen molar-refractivity contribution >= 4 is 38.9 Å². The average Bonchev–Trinajstić information content (AvgIpc) is 2.70. The van der Waals surface area contributed by atoms with E-state index in [0.29, 0.717) is 24.4 Å². The quantitative estimate of drug-likeness (QED) is 0.360. The van der Waals surface area contributed by atoms with E-state index in [2.05, 4.69) is 4.98 Å². The molecule has 0 saturated heterocycles. The summed E-state index contributed by atoms with van der Waals surface area (Å²) >= 11 is 11.6. The Hall–Kier alpha value is -2.70. The Morgan fingerprint density at radius 1 is 0.818 bits per heavy atom. The summed E-state index contributed by atoms with van der Waals surface area (Å²) in [6.45, 7) is 0. The molecule has 0 radical (unpaired) electrons. The van der Waals surface area contributed by atoms with Gasteiger partial charge >= 0.3 is 12.4 Å². The molecule has 3 aromatic rings. The molecule has 1 N–H and O–H groups in total. The molecule has 14 heteroatoms. The first kappa shape index (κ1) is 24.9. The number of alkyl halides is 6. The van der Waals surface area contributed by atoms with Crippen molar-refractivity contribution in [2.75, 3.05) is 4.72 Å². The minimum absolute atomic E-state index is 0.0137. The zero-order valence-corrected chi connectivity index (χ0v) is 18.1. The standard InChI is InChI=1S/C19H10Cl2F6N2O3S/c20-14-6-1-10(18(22,23)24)8-16(14)29-33(30,31)13-4-2-12(3-5-13)32-17-15(21)7-11(9-28-17)19(25,26)27/h1-9,29H. The summed E-state index contributed by atoms with van der Waals surface area (Å²) in [5.74, 6) is -0.366. The van der Waals surface area contributed by atoms with E-state index in [9.17, 15) is 34.8 Å². The molecule has 0 aliphatic heterocycles. The highest BCUT2D eigenvalue weighted by atomic mass is 35.5. The summed E-state index contributed by atoms with van der Waals surface area (Å²) in [7, 11) is -4.34. The van der Waals surface area contributed by atoms with Gasteiger partial charge in [-0.25, -0.2) is 13.4 Å². The van der Waals surface area contributed by atoms with Gasteiger partial charge in [0.2, 0.25) is 5.88 Å². The average molecular weight is 531 g/mol. The van der Waals surface area contributed by atoms with Crippen molar-refractivity contribution in [2.45, 2.75) is 17.2 Å². The van der Waals surface area contributed by atoms with Crippen LogP contribution in [0.3, 0.4) is 0 Å². The van der Waals surface area contributed by atoms with Gasteiger partial charge in [-0.05, 0) is 48.5 Å². The second-order valence-corrected chi connectivity index (χ2v) is 8.88. The SMILES string of the molecule is O=S(=O)(Nc1cc(C(F)(F)F)ccc1Cl)c1ccc(Oc2ncc(C(F)(F)F)cc2Cl)cc1. The lowest BCUT2D eigenvalue weighted by Crippen LogP contribution is -2.14. The minimum Gasteiger partial charge on any atom is -0.438 e. The van der Waals surface area contributed by atoms with Crippen LogP contribution in [0.1, 0.15) is 11.1 Å². The highest BCUT2D eigenvalue weighted by molar-refractivity contribution is 7.92. The smallest absolute Gasteiger partial charge is 0.417 e. The van der Waals surface area contributed by atoms with Crippen LogP contribution >= 0.6 is 23.2 Å². The van der Waals surface area contributed by atoms with Gasteiger partial charge in [-0.3, -0.25) is 4.72 Å². The number of hydrogen-bond acceptors (Lipinski definition) is 4. The molecular formula is C19H10Cl2F6N2O3S. The molecule has 0 atom stereocenters. The lowest BCUT2D eigenvalue weighted by atomic mass is 10.2. The summed E-state index contributed by atoms with van der Waals surface area (Å²) in [5, 5.41) is -0.683. The Bertz CT molecular complexity index is 1280. The Morgan fingerprint density at radius 3 is 1.97 bits per heavy atom. The van der Waals surface area contributed by atoms with Crippen molar-refractivity contribution in [2.24, 2.45) is 0 Å². The monoisotopic (exact) mass is 530 g/mol. The molecule has 0 bridgehead atoms. The van der Waals surface area contributed by atoms with Gasteiger partial charge in [-0.1, -0.05) is 23.2 Å². The third kappa shape index (κ3) is 6.01. The topological polar surface area (TPSA) is 68.3 Å². The number of anilines is 1. The van der Waals surface area contributed by atoms with Gasteiger partial charge < -0.3 is 4.74 Å². The lowest BCUT2D eigenvalue weighted by molar-refractivity contribution is -0.138. The van der Waals surface area contributed by atoms with Crippen LogP contribution in [0.5, 0.6) is 11.6 Å². The summed E-state index contributed by atoms with van der Waals surface area (Å²) in [6, 6.07) is 7.18. The van der Waals surface area contributed by atoms with Crippen LogP contribution in [-0.4, -0.2) is 13.4 Å². The van der Waals surface area contributed by atoms with Crippen LogP contribution in [0.25, 0.3) is 0 Å². The van der Waals surface area contributed by atoms with E-state index < -0.39 is 44.2 Å². The molecule has 2 aromatic carbocycles. The molecule has 0 unspecified atom stereocenters. The lowest BCUT2D eigenvalue weighted by Gasteiger charge is -2.13. The fourth-order valence-corrected chi connectivity index (χ4v) is 3.93. The van der Waals surface area contributed by atoms with Gasteiger partial charge in [0.1, 0.15) is 10.8 Å². The van der Waals surface area contributed by atoms with Gasteiger partial charge in [0.25, 0.3) is 10.0 Å². The van der Waals surface area contributed by atoms with Gasteiger partial charge in [0.05, 0.1) is 26.7 Å². The van der Waals surface area contributed by atoms with Crippen LogP contribution in [-0.2, 0) is 22.4 Å². The highest BCUT2D eigenvalue weighted by Gasteiger charge is 2.32. The van der Waals surface area contributed by atoms with Crippen molar-refractivity contribution in [1.82, 2.24) is 4.98 Å². The number of ether oxygens (including phenoxy) is 1. The van der Waals surface area contributed by atoms with Crippen LogP contribution in [0.15, 0.2) is 59.6 Å². The molecule has 3 rings (SSSR count). The summed E-state index contributed by atoms with van der Waals surface area (Å²) < 4.78 is 109. The Kier molecular flexibility index (Phi) is 6.74. The molecule has 5 nitrogen and oxygen atoms in total. The number of sulfonamides is 1. The maximum absolute atomic E-state index is 12.9. The maximum Gasteiger partial charge on any atom is 0.417 e. The van der Waals surface area contributed by atoms with Crippen LogP contribution in [0.4, 0.5) is 32.0 Å². The molecular weight excluding hydrogens is 521 g/mol. The van der Waals surface area contributed by atoms with Crippen LogP contribution in [0, 0.1) is 0 Å². The van der Waals surface area contributed by atoms with Gasteiger partial charge in [0, 0.05) is 6.20 Å². The zero-order chi connectivity index (χ0) is 24.6. The van der Waals surface area contributed by atoms with Crippen molar-refractivity contribution < 1.29 is 39.5 Å². The predicted octanol–water partition coefficient (Wildman–Crippen LogP) is 7.02. The van der Waals surface area contributed by atoms with Crippen molar-refractivity contribution in [3.05, 3.63) is 75.9 Å². The Labute approximate surface area is 193 Å². The van der Waals surface area contributed by atoms with Gasteiger partial charge in [-0.15, -0.1) is 0 Å². The van der Waals surface area contributed by atoms with E-state index in [-0.39, 0.29) is 21.5 Å². The molecule has 0 spiro atoms. The van der Waals surface area contributed by atoms with E-state index in [1.807, 2.05) is 4.72 Å². The van der Waals surface area contributed by atoms with Crippen molar-refractivity contribution in [3.63, 3.8) is 0 Å². The molecule has 0 aliphatic carbocycles. The second kappa shape index (κ2) is 8.92. The van der Waals surface area contributed by atoms with Crippen LogP contribution < -0.4 is 9.46 Å². The third-order valence-corrected chi connectivity index (χ3v) is 6.00. The van der Waals surface area contributed by atoms with Crippen molar-refractivity contribution in [3.8, 4) is 11.6 Å². The normalized spacial score (nSPS) is 12.5. The van der Waals surface area contributed by atoms with Gasteiger partial charge in [0.15, 0.2) is 0 Å². The van der Waals surface area contributed by atoms with E-state index in [1.54, 1.807) is 0 Å². The summed E-state index contributed by atoms with van der Waals surface area (Å²) in [5.41, 5.74) is -2.66. The minimum atomic E-state index is -4.71. The second-order valence-electron chi connectivity index (χ2n) is 6.38. The molecule has 0 fully saturated rings. The zero-order valence-electron chi connectivity index (χ0n) is 15.8. The molecule has 0 aliphatic rings. The van der Waals surface area contributed by atoms with Crippen molar-refractivity contribution in [1.29, 1.82) is 0 Å². The number of halogens is 8. The molecule has 33 heavy (non-hydrogen) atoms. The summed E-state index contributed by atoms with van der Waals surface area (Å²) in [4.78, 5) is 3.14. The number of rotatable bonds is 5. The maximum atomic E-state index is 12.9. The summed E-state index contributed by atoms with van der Waals surface area (Å²) in [6.07, 6.45) is -8.85. The molecule has 0 saturated carbocycles. The first-order valence-electron chi connectivity index (χ1n) is 8.57. The molecule has 1 aromatic heterocycles. The number of benzene rings is 2. The number of hydrogen-bond donors (Lipinski definition) is 1. The van der Waals surface area contributed by atoms with E-state index in [1.165, 1.54) is 0 Å². The van der Waals surface area contributed by atoms with Crippen LogP contribution in [0.2, 0.25) is 10.0 Å². The third-order valence-electron chi connectivity index (χ3n) is 4.02. The molecule has 176 valence electrons. The molecule has 0 amide bonds. The number of pyridine rings is 1. The fraction of sp³-hybridized carbons (Fsp3) is 0.105. The number of nitrogens with one attached hydrogen (secondary N) is 1. The molecule has 1 heterocycles. The van der Waals surface area contributed by atoms with E-state index in [0.717, 1.165) is 30.3 Å².